The number of carbonyl (C=O) groups excluding carboxylic acids is 1. The molecule has 0 N–H and O–H groups in total. The van der Waals surface area contributed by atoms with E-state index in [-0.39, 0.29) is 11.5 Å². The molecule has 29 heavy (non-hydrogen) atoms. The van der Waals surface area contributed by atoms with Crippen LogP contribution in [0.4, 0.5) is 0 Å². The Morgan fingerprint density at radius 1 is 1.28 bits per heavy atom. The first-order valence-corrected chi connectivity index (χ1v) is 10.5. The van der Waals surface area contributed by atoms with Gasteiger partial charge >= 0.3 is 0 Å². The van der Waals surface area contributed by atoms with E-state index in [9.17, 15) is 10.1 Å². The van der Waals surface area contributed by atoms with E-state index in [2.05, 4.69) is 35.5 Å². The second-order valence-electron chi connectivity index (χ2n) is 7.99. The highest BCUT2D eigenvalue weighted by Crippen LogP contribution is 2.32. The number of nitrogens with zero attached hydrogens (tertiary/aromatic N) is 4. The number of hydrogen-bond acceptors (Lipinski definition) is 3. The molecule has 1 amide bonds. The van der Waals surface area contributed by atoms with Crippen molar-refractivity contribution in [3.63, 3.8) is 0 Å². The Morgan fingerprint density at radius 2 is 1.97 bits per heavy atom. The van der Waals surface area contributed by atoms with E-state index >= 15 is 0 Å². The summed E-state index contributed by atoms with van der Waals surface area (Å²) in [7, 11) is 1.75. The predicted octanol–water partition coefficient (Wildman–Crippen LogP) is 4.61. The SMILES string of the molecule is Cc1cc(/C=C(\C#N)C(=O)N(C)CCc2ccncc2)c(C)n1C1CCCCC1. The van der Waals surface area contributed by atoms with Crippen molar-refractivity contribution >= 4 is 12.0 Å². The van der Waals surface area contributed by atoms with Crippen molar-refractivity contribution in [2.24, 2.45) is 0 Å². The number of rotatable bonds is 6. The minimum atomic E-state index is -0.232. The molecular weight excluding hydrogens is 360 g/mol. The first-order chi connectivity index (χ1) is 14.0. The molecule has 0 bridgehead atoms. The molecule has 0 saturated heterocycles. The molecule has 1 saturated carbocycles. The molecule has 152 valence electrons. The summed E-state index contributed by atoms with van der Waals surface area (Å²) in [5.41, 5.74) is 4.63. The van der Waals surface area contributed by atoms with Crippen molar-refractivity contribution in [1.29, 1.82) is 5.26 Å². The largest absolute Gasteiger partial charge is 0.346 e. The Labute approximate surface area is 173 Å². The van der Waals surface area contributed by atoms with E-state index in [0.29, 0.717) is 12.6 Å². The fourth-order valence-corrected chi connectivity index (χ4v) is 4.30. The van der Waals surface area contributed by atoms with E-state index < -0.39 is 0 Å². The van der Waals surface area contributed by atoms with Gasteiger partial charge in [0.1, 0.15) is 11.6 Å². The van der Waals surface area contributed by atoms with Gasteiger partial charge in [0.05, 0.1) is 0 Å². The van der Waals surface area contributed by atoms with Crippen LogP contribution in [-0.2, 0) is 11.2 Å². The second kappa shape index (κ2) is 9.56. The lowest BCUT2D eigenvalue weighted by Gasteiger charge is -2.26. The molecule has 0 unspecified atom stereocenters. The van der Waals surface area contributed by atoms with Crippen LogP contribution in [-0.4, -0.2) is 34.0 Å². The van der Waals surface area contributed by atoms with Gasteiger partial charge in [-0.3, -0.25) is 9.78 Å². The van der Waals surface area contributed by atoms with Gasteiger partial charge in [0.25, 0.3) is 5.91 Å². The molecule has 1 fully saturated rings. The van der Waals surface area contributed by atoms with Crippen LogP contribution in [0.3, 0.4) is 0 Å². The van der Waals surface area contributed by atoms with Crippen molar-refractivity contribution in [3.8, 4) is 6.07 Å². The summed E-state index contributed by atoms with van der Waals surface area (Å²) in [5, 5.41) is 9.63. The predicted molar refractivity (Wildman–Crippen MR) is 115 cm³/mol. The molecule has 2 aromatic rings. The van der Waals surface area contributed by atoms with Gasteiger partial charge < -0.3 is 9.47 Å². The maximum absolute atomic E-state index is 12.8. The van der Waals surface area contributed by atoms with Gasteiger partial charge in [-0.1, -0.05) is 19.3 Å². The van der Waals surface area contributed by atoms with Gasteiger partial charge in [0, 0.05) is 43.4 Å². The van der Waals surface area contributed by atoms with Crippen LogP contribution < -0.4 is 0 Å². The lowest BCUT2D eigenvalue weighted by molar-refractivity contribution is -0.125. The third kappa shape index (κ3) is 4.95. The summed E-state index contributed by atoms with van der Waals surface area (Å²) in [6, 6.07) is 8.64. The zero-order valence-corrected chi connectivity index (χ0v) is 17.7. The molecule has 1 aliphatic rings. The van der Waals surface area contributed by atoms with E-state index in [4.69, 9.17) is 0 Å². The van der Waals surface area contributed by atoms with E-state index in [0.717, 1.165) is 23.2 Å². The highest BCUT2D eigenvalue weighted by molar-refractivity contribution is 6.01. The number of aromatic nitrogens is 2. The van der Waals surface area contributed by atoms with E-state index in [1.165, 1.54) is 37.8 Å². The number of likely N-dealkylation sites (N-methyl/N-ethyl adjacent to an activating group) is 1. The summed E-state index contributed by atoms with van der Waals surface area (Å²) in [6.07, 6.45) is 12.3. The Bertz CT molecular complexity index is 914. The molecule has 0 aromatic carbocycles. The topological polar surface area (TPSA) is 61.9 Å². The van der Waals surface area contributed by atoms with Crippen molar-refractivity contribution in [2.75, 3.05) is 13.6 Å². The van der Waals surface area contributed by atoms with Gasteiger partial charge in [0.15, 0.2) is 0 Å². The Morgan fingerprint density at radius 3 is 2.62 bits per heavy atom. The Kier molecular flexibility index (Phi) is 6.87. The summed E-state index contributed by atoms with van der Waals surface area (Å²) in [4.78, 5) is 18.5. The fourth-order valence-electron chi connectivity index (χ4n) is 4.30. The van der Waals surface area contributed by atoms with Crippen molar-refractivity contribution in [2.45, 2.75) is 58.4 Å². The highest BCUT2D eigenvalue weighted by Gasteiger charge is 2.21. The zero-order valence-electron chi connectivity index (χ0n) is 17.7. The van der Waals surface area contributed by atoms with Gasteiger partial charge in [0.2, 0.25) is 0 Å². The summed E-state index contributed by atoms with van der Waals surface area (Å²) in [6.45, 7) is 4.77. The molecule has 0 radical (unpaired) electrons. The minimum Gasteiger partial charge on any atom is -0.346 e. The summed E-state index contributed by atoms with van der Waals surface area (Å²) >= 11 is 0. The number of hydrogen-bond donors (Lipinski definition) is 0. The van der Waals surface area contributed by atoms with Gasteiger partial charge in [-0.05, 0) is 68.5 Å². The summed E-state index contributed by atoms with van der Waals surface area (Å²) < 4.78 is 2.40. The Hall–Kier alpha value is -2.87. The lowest BCUT2D eigenvalue weighted by atomic mass is 9.95. The van der Waals surface area contributed by atoms with Crippen molar-refractivity contribution in [3.05, 3.63) is 58.7 Å². The molecule has 2 aromatic heterocycles. The smallest absolute Gasteiger partial charge is 0.264 e. The molecular formula is C24H30N4O. The zero-order chi connectivity index (χ0) is 20.8. The number of aryl methyl sites for hydroxylation is 1. The number of amides is 1. The monoisotopic (exact) mass is 390 g/mol. The molecule has 0 spiro atoms. The average Bonchev–Trinajstić information content (AvgIpc) is 3.03. The van der Waals surface area contributed by atoms with Crippen LogP contribution in [0.2, 0.25) is 0 Å². The molecule has 5 nitrogen and oxygen atoms in total. The standard InChI is InChI=1S/C24H30N4O/c1-18-15-21(19(2)28(18)23-7-5-4-6-8-23)16-22(17-25)24(29)27(3)14-11-20-9-12-26-13-10-20/h9-10,12-13,15-16,23H,4-8,11,14H2,1-3H3/b22-16+. The average molecular weight is 391 g/mol. The number of carbonyl (C=O) groups is 1. The summed E-state index contributed by atoms with van der Waals surface area (Å²) in [5.74, 6) is -0.232. The maximum atomic E-state index is 12.8. The van der Waals surface area contributed by atoms with Gasteiger partial charge in [-0.2, -0.15) is 5.26 Å². The normalized spacial score (nSPS) is 15.2. The van der Waals surface area contributed by atoms with Gasteiger partial charge in [-0.25, -0.2) is 0 Å². The molecule has 3 rings (SSSR count). The van der Waals surface area contributed by atoms with Crippen molar-refractivity contribution in [1.82, 2.24) is 14.5 Å². The highest BCUT2D eigenvalue weighted by atomic mass is 16.2. The second-order valence-corrected chi connectivity index (χ2v) is 7.99. The number of pyridine rings is 1. The third-order valence-electron chi connectivity index (χ3n) is 5.95. The van der Waals surface area contributed by atoms with Gasteiger partial charge in [-0.15, -0.1) is 0 Å². The Balaban J connectivity index is 1.75. The van der Waals surface area contributed by atoms with Crippen molar-refractivity contribution < 1.29 is 4.79 Å². The first kappa shape index (κ1) is 20.9. The quantitative estimate of drug-likeness (QED) is 0.534. The fraction of sp³-hybridized carbons (Fsp3) is 0.458. The third-order valence-corrected chi connectivity index (χ3v) is 5.95. The van der Waals surface area contributed by atoms with E-state index in [1.807, 2.05) is 12.1 Å². The molecule has 2 heterocycles. The number of nitriles is 1. The minimum absolute atomic E-state index is 0.186. The van der Waals surface area contributed by atoms with Crippen LogP contribution in [0.1, 0.15) is 60.7 Å². The lowest BCUT2D eigenvalue weighted by Crippen LogP contribution is -2.29. The van der Waals surface area contributed by atoms with E-state index in [1.54, 1.807) is 30.4 Å². The van der Waals surface area contributed by atoms with Crippen LogP contribution in [0.25, 0.3) is 6.08 Å². The van der Waals surface area contributed by atoms with Crippen LogP contribution >= 0.6 is 0 Å². The molecule has 0 aliphatic heterocycles. The maximum Gasteiger partial charge on any atom is 0.264 e. The first-order valence-electron chi connectivity index (χ1n) is 10.5. The van der Waals surface area contributed by atoms with Crippen LogP contribution in [0.15, 0.2) is 36.2 Å². The molecule has 5 heteroatoms. The molecule has 1 aliphatic carbocycles. The molecule has 0 atom stereocenters. The van der Waals surface area contributed by atoms with Crippen LogP contribution in [0.5, 0.6) is 0 Å². The van der Waals surface area contributed by atoms with Crippen LogP contribution in [0, 0.1) is 25.2 Å².